The smallest absolute Gasteiger partial charge is 0.213 e. The van der Waals surface area contributed by atoms with Crippen molar-refractivity contribution in [1.29, 1.82) is 0 Å². The number of aromatic nitrogens is 5. The average Bonchev–Trinajstić information content (AvgIpc) is 1.78. The van der Waals surface area contributed by atoms with Crippen LogP contribution in [0.2, 0.25) is 0 Å². The second-order valence-electron chi connectivity index (χ2n) is 35.2. The van der Waals surface area contributed by atoms with Crippen molar-refractivity contribution in [2.45, 2.75) is 122 Å². The lowest BCUT2D eigenvalue weighted by atomic mass is 10.00. The quantitative estimate of drug-likeness (QED) is 0.0542. The average molecular weight is 1990 g/mol. The van der Waals surface area contributed by atoms with E-state index >= 15 is 0 Å². The number of benzene rings is 8. The first-order valence-corrected chi connectivity index (χ1v) is 56.4. The molecule has 0 saturated carbocycles. The summed E-state index contributed by atoms with van der Waals surface area (Å²) in [6.07, 6.45) is 30.7. The topological polar surface area (TPSA) is 320 Å². The molecule has 0 atom stereocenters. The summed E-state index contributed by atoms with van der Waals surface area (Å²) in [5.41, 5.74) is 12.1. The fourth-order valence-electron chi connectivity index (χ4n) is 18.0. The van der Waals surface area contributed by atoms with Crippen LogP contribution >= 0.6 is 11.3 Å². The van der Waals surface area contributed by atoms with Crippen molar-refractivity contribution < 1.29 is 74.9 Å². The third-order valence-corrected chi connectivity index (χ3v) is 34.8. The predicted molar refractivity (Wildman–Crippen MR) is 552 cm³/mol. The molecule has 0 unspecified atom stereocenters. The van der Waals surface area contributed by atoms with Crippen molar-refractivity contribution in [3.8, 4) is 90.1 Å². The van der Waals surface area contributed by atoms with Crippen molar-refractivity contribution in [2.24, 2.45) is 0 Å². The van der Waals surface area contributed by atoms with Crippen LogP contribution in [0.1, 0.15) is 90.5 Å². The highest BCUT2D eigenvalue weighted by Crippen LogP contribution is 2.42. The molecule has 5 aliphatic heterocycles. The summed E-state index contributed by atoms with van der Waals surface area (Å²) in [6, 6.07) is 61.4. The Morgan fingerprint density at radius 2 is 0.626 bits per heavy atom. The Balaban J connectivity index is 0.000000126. The molecule has 0 amide bonds. The van der Waals surface area contributed by atoms with Gasteiger partial charge in [0.05, 0.1) is 49.4 Å². The molecule has 139 heavy (non-hydrogen) atoms. The van der Waals surface area contributed by atoms with Gasteiger partial charge in [-0.3, -0.25) is 24.9 Å². The van der Waals surface area contributed by atoms with Gasteiger partial charge >= 0.3 is 0 Å². The Labute approximate surface area is 818 Å². The molecule has 0 N–H and O–H groups in total. The van der Waals surface area contributed by atoms with Crippen LogP contribution in [-0.4, -0.2) is 221 Å². The molecule has 0 aliphatic carbocycles. The number of aryl methyl sites for hydroxylation is 1. The Morgan fingerprint density at radius 1 is 0.324 bits per heavy atom. The van der Waals surface area contributed by atoms with Crippen LogP contribution in [0.15, 0.2) is 272 Å². The first-order chi connectivity index (χ1) is 67.0. The molecule has 0 spiro atoms. The van der Waals surface area contributed by atoms with E-state index in [0.717, 1.165) is 138 Å². The van der Waals surface area contributed by atoms with Gasteiger partial charge in [0.25, 0.3) is 0 Å². The second-order valence-corrected chi connectivity index (χ2v) is 46.7. The summed E-state index contributed by atoms with van der Waals surface area (Å²) >= 11 is 1.67. The molecule has 15 aromatic rings. The lowest BCUT2D eigenvalue weighted by molar-refractivity contribution is 0.136. The number of pyridine rings is 5. The van der Waals surface area contributed by atoms with Crippen molar-refractivity contribution >= 4 is 115 Å². The van der Waals surface area contributed by atoms with Gasteiger partial charge < -0.3 is 32.8 Å². The number of nitrogens with zero attached hydrogens (tertiary/aromatic N) is 10. The summed E-state index contributed by atoms with van der Waals surface area (Å²) in [5, 5.41) is 14.4. The number of methoxy groups -OCH3 is 1. The Hall–Kier alpha value is -11.9. The van der Waals surface area contributed by atoms with Crippen molar-refractivity contribution in [3.63, 3.8) is 0 Å². The van der Waals surface area contributed by atoms with Crippen LogP contribution in [0.4, 0.5) is 0 Å². The molecule has 0 bridgehead atoms. The molecule has 7 aromatic heterocycles. The summed E-state index contributed by atoms with van der Waals surface area (Å²) in [7, 11) is -14.0. The zero-order valence-corrected chi connectivity index (χ0v) is 83.8. The highest BCUT2D eigenvalue weighted by molar-refractivity contribution is 7.89. The van der Waals surface area contributed by atoms with Gasteiger partial charge in [-0.05, 0) is 295 Å². The van der Waals surface area contributed by atoms with E-state index in [-0.39, 0.29) is 47.8 Å². The van der Waals surface area contributed by atoms with E-state index in [2.05, 4.69) is 134 Å². The van der Waals surface area contributed by atoms with E-state index in [1.54, 1.807) is 102 Å². The molecule has 27 nitrogen and oxygen atoms in total. The monoisotopic (exact) mass is 1990 g/mol. The lowest BCUT2D eigenvalue weighted by Crippen LogP contribution is -2.42. The molecular weight excluding hydrogens is 1880 g/mol. The number of piperidine rings is 5. The predicted octanol–water partition coefficient (Wildman–Crippen LogP) is 19.7. The van der Waals surface area contributed by atoms with Crippen LogP contribution in [0.3, 0.4) is 0 Å². The highest BCUT2D eigenvalue weighted by Gasteiger charge is 2.34. The van der Waals surface area contributed by atoms with Gasteiger partial charge in [0.15, 0.2) is 0 Å². The molecule has 20 rings (SSSR count). The zero-order chi connectivity index (χ0) is 97.4. The van der Waals surface area contributed by atoms with E-state index in [1.807, 2.05) is 116 Å². The van der Waals surface area contributed by atoms with E-state index in [9.17, 15) is 42.1 Å². The summed E-state index contributed by atoms with van der Waals surface area (Å²) in [4.78, 5) is 21.2. The summed E-state index contributed by atoms with van der Waals surface area (Å²) in [5.74, 6) is 5.20. The highest BCUT2D eigenvalue weighted by atomic mass is 32.2. The van der Waals surface area contributed by atoms with Gasteiger partial charge in [0.1, 0.15) is 65.0 Å². The van der Waals surface area contributed by atoms with E-state index < -0.39 is 50.1 Å². The van der Waals surface area contributed by atoms with Gasteiger partial charge in [-0.25, -0.2) is 63.6 Å². The maximum Gasteiger partial charge on any atom is 0.213 e. The molecular formula is C106H116N10O17S6. The van der Waals surface area contributed by atoms with E-state index in [1.165, 1.54) is 32.2 Å². The number of sulfonamides is 5. The molecule has 33 heteroatoms. The molecule has 12 heterocycles. The standard InChI is InChI=1S/C23H26N2O4S.C23H26N2O3S.C22H24N2O3S.C19H20N2O4S.C19H20N2O3S2/c1-3-30(26,27)25-11-8-20(9-12-25)29-23-15-19(13-18-7-10-24-16-22(18)23)17-5-4-6-21(14-17)28-2;1-3-29(26,27)25-11-8-21(9-12-25)28-23-15-20(18-6-4-5-17(2)13-18)14-19-7-10-24-16-22(19)23;1-2-28(25,26)24-12-9-20(10-13-24)27-22-15-19(17-6-4-3-5-7-17)14-18-8-11-23-16-21(18)22;1-26(22,23)21-7-3-17(4-8-21)25-19-11-16(15-5-9-24-13-15)10-14-2-6-20-12-18(14)19;1-26(22,23)21-7-3-17(4-8-21)24-19-11-16(15-5-9-25-13-15)10-14-2-6-20-12-18(14)19/h4-7,10,13-16,20H,3,8-9,11-12H2,1-2H3;4-7,10,13-16,21H,3,8-9,11-12H2,1-2H3;3-8,11,14-16,20H,2,9-10,12-13H2,1H3;2*2,5-6,9-13,17H,3-4,7-8H2,1H3. The van der Waals surface area contributed by atoms with Crippen LogP contribution in [0.25, 0.3) is 109 Å². The van der Waals surface area contributed by atoms with Crippen molar-refractivity contribution in [2.75, 3.05) is 102 Å². The van der Waals surface area contributed by atoms with Gasteiger partial charge in [-0.1, -0.05) is 72.3 Å². The second kappa shape index (κ2) is 45.2. The normalized spacial score (nSPS) is 16.4. The lowest BCUT2D eigenvalue weighted by Gasteiger charge is -2.31. The minimum absolute atomic E-state index is 0.00210. The Bertz CT molecular complexity index is 7190. The Kier molecular flexibility index (Phi) is 32.5. The minimum Gasteiger partial charge on any atom is -0.497 e. The van der Waals surface area contributed by atoms with Gasteiger partial charge in [-0.15, -0.1) is 0 Å². The fourth-order valence-corrected chi connectivity index (χ4v) is 23.8. The van der Waals surface area contributed by atoms with Crippen LogP contribution in [-0.2, 0) is 50.1 Å². The van der Waals surface area contributed by atoms with Gasteiger partial charge in [0.2, 0.25) is 50.1 Å². The fraction of sp³-hybridized carbons (Fsp3) is 0.330. The molecule has 5 fully saturated rings. The summed E-state index contributed by atoms with van der Waals surface area (Å²) < 4.78 is 169. The van der Waals surface area contributed by atoms with Crippen LogP contribution in [0.5, 0.6) is 34.5 Å². The minimum atomic E-state index is -3.15. The van der Waals surface area contributed by atoms with Crippen molar-refractivity contribution in [1.82, 2.24) is 46.4 Å². The third kappa shape index (κ3) is 25.5. The molecule has 5 saturated heterocycles. The van der Waals surface area contributed by atoms with Crippen LogP contribution < -0.4 is 28.4 Å². The van der Waals surface area contributed by atoms with Gasteiger partial charge in [0, 0.05) is 160 Å². The largest absolute Gasteiger partial charge is 0.497 e. The summed E-state index contributed by atoms with van der Waals surface area (Å²) in [6.45, 7) is 12.1. The van der Waals surface area contributed by atoms with Crippen molar-refractivity contribution in [3.05, 3.63) is 273 Å². The van der Waals surface area contributed by atoms with E-state index in [4.69, 9.17) is 32.8 Å². The number of ether oxygens (including phenoxy) is 6. The number of hydrogen-bond donors (Lipinski definition) is 0. The molecule has 8 aromatic carbocycles. The maximum absolute atomic E-state index is 12.1. The van der Waals surface area contributed by atoms with Gasteiger partial charge in [-0.2, -0.15) is 11.3 Å². The number of thiophene rings is 1. The van der Waals surface area contributed by atoms with Crippen LogP contribution in [0, 0.1) is 6.92 Å². The number of furan rings is 1. The third-order valence-electron chi connectivity index (χ3n) is 25.8. The van der Waals surface area contributed by atoms with E-state index in [0.29, 0.717) is 130 Å². The first kappa shape index (κ1) is 100. The maximum atomic E-state index is 12.1. The molecule has 0 radical (unpaired) electrons. The number of hydrogen-bond acceptors (Lipinski definition) is 23. The number of fused-ring (bicyclic) bond motifs is 5. The SMILES string of the molecule is CCS(=O)(=O)N1CCC(Oc2cc(-c3cccc(C)c3)cc3ccncc23)CC1.CCS(=O)(=O)N1CCC(Oc2cc(-c3cccc(OC)c3)cc3ccncc23)CC1.CCS(=O)(=O)N1CCC(Oc2cc(-c3ccccc3)cc3ccncc23)CC1.CS(=O)(=O)N1CCC(Oc2cc(-c3ccoc3)cc3ccncc23)CC1.CS(=O)(=O)N1CCC(Oc2cc(-c3ccsc3)cc3ccncc23)CC1. The first-order valence-electron chi connectivity index (χ1n) is 46.9. The molecule has 5 aliphatic rings. The number of rotatable bonds is 24. The zero-order valence-electron chi connectivity index (χ0n) is 78.9. The molecule has 728 valence electrons. The Morgan fingerprint density at radius 3 is 0.921 bits per heavy atom.